The third-order valence-corrected chi connectivity index (χ3v) is 5.44. The Hall–Kier alpha value is -1.39. The van der Waals surface area contributed by atoms with Gasteiger partial charge in [-0.05, 0) is 55.6 Å². The summed E-state index contributed by atoms with van der Waals surface area (Å²) in [5.41, 5.74) is 3.49. The number of nitrogens with zero attached hydrogens (tertiary/aromatic N) is 2. The van der Waals surface area contributed by atoms with Crippen LogP contribution in [0.5, 0.6) is 0 Å². The predicted octanol–water partition coefficient (Wildman–Crippen LogP) is 1.99. The van der Waals surface area contributed by atoms with Crippen molar-refractivity contribution in [1.82, 2.24) is 15.1 Å². The molecule has 0 saturated carbocycles. The molecule has 1 unspecified atom stereocenters. The molecule has 4 nitrogen and oxygen atoms in total. The third kappa shape index (κ3) is 2.66. The van der Waals surface area contributed by atoms with Crippen LogP contribution in [-0.4, -0.2) is 47.9 Å². The van der Waals surface area contributed by atoms with Crippen LogP contribution < -0.4 is 5.32 Å². The lowest BCUT2D eigenvalue weighted by atomic mass is 10.1. The van der Waals surface area contributed by atoms with Crippen molar-refractivity contribution in [2.24, 2.45) is 0 Å². The maximum absolute atomic E-state index is 12.8. The Kier molecular flexibility index (Phi) is 3.89. The summed E-state index contributed by atoms with van der Waals surface area (Å²) in [6.07, 6.45) is 5.15. The molecule has 2 saturated heterocycles. The highest BCUT2D eigenvalue weighted by molar-refractivity contribution is 5.94. The van der Waals surface area contributed by atoms with E-state index in [4.69, 9.17) is 0 Å². The molecule has 3 heterocycles. The van der Waals surface area contributed by atoms with E-state index in [0.29, 0.717) is 6.04 Å². The van der Waals surface area contributed by atoms with Crippen LogP contribution in [0.1, 0.15) is 47.2 Å². The molecule has 0 spiro atoms. The number of benzene rings is 1. The molecule has 0 bridgehead atoms. The molecule has 1 amide bonds. The maximum atomic E-state index is 12.8. The first-order valence-electron chi connectivity index (χ1n) is 8.67. The number of piperidine rings is 1. The van der Waals surface area contributed by atoms with Crippen molar-refractivity contribution in [1.29, 1.82) is 0 Å². The number of hydrogen-bond acceptors (Lipinski definition) is 3. The average Bonchev–Trinajstić information content (AvgIpc) is 3.23. The Balaban J connectivity index is 1.43. The summed E-state index contributed by atoms with van der Waals surface area (Å²) in [6, 6.07) is 6.79. The summed E-state index contributed by atoms with van der Waals surface area (Å²) in [4.78, 5) is 17.4. The Morgan fingerprint density at radius 1 is 1.05 bits per heavy atom. The number of fused-ring (bicyclic) bond motifs is 1. The standard InChI is InChI=1S/C18H25N3O/c22-18(14-4-5-15-11-19-12-16(15)10-14)21-9-6-17(13-21)20-7-2-1-3-8-20/h4-5,10,17,19H,1-3,6-9,11-13H2. The number of amides is 1. The van der Waals surface area contributed by atoms with Gasteiger partial charge in [-0.15, -0.1) is 0 Å². The second-order valence-electron chi connectivity index (χ2n) is 6.88. The van der Waals surface area contributed by atoms with Gasteiger partial charge in [-0.1, -0.05) is 12.5 Å². The summed E-state index contributed by atoms with van der Waals surface area (Å²) in [5.74, 6) is 0.217. The van der Waals surface area contributed by atoms with Crippen LogP contribution in [0.3, 0.4) is 0 Å². The molecule has 4 rings (SSSR count). The maximum Gasteiger partial charge on any atom is 0.253 e. The van der Waals surface area contributed by atoms with Gasteiger partial charge in [0.05, 0.1) is 0 Å². The lowest BCUT2D eigenvalue weighted by Crippen LogP contribution is -2.41. The van der Waals surface area contributed by atoms with Crippen molar-refractivity contribution < 1.29 is 4.79 Å². The minimum Gasteiger partial charge on any atom is -0.337 e. The molecule has 3 aliphatic heterocycles. The topological polar surface area (TPSA) is 35.6 Å². The van der Waals surface area contributed by atoms with Crippen LogP contribution in [0.25, 0.3) is 0 Å². The van der Waals surface area contributed by atoms with Crippen LogP contribution in [0.2, 0.25) is 0 Å². The highest BCUT2D eigenvalue weighted by Crippen LogP contribution is 2.23. The Bertz CT molecular complexity index is 565. The molecule has 2 fully saturated rings. The second kappa shape index (κ2) is 6.01. The van der Waals surface area contributed by atoms with Crippen LogP contribution >= 0.6 is 0 Å². The van der Waals surface area contributed by atoms with Crippen molar-refractivity contribution >= 4 is 5.91 Å². The molecule has 118 valence electrons. The fraction of sp³-hybridized carbons (Fsp3) is 0.611. The number of carbonyl (C=O) groups excluding carboxylic acids is 1. The number of rotatable bonds is 2. The summed E-state index contributed by atoms with van der Waals surface area (Å²) in [5, 5.41) is 3.34. The SMILES string of the molecule is O=C(c1ccc2c(c1)CNC2)N1CCC(N2CCCCC2)C1. The van der Waals surface area contributed by atoms with Gasteiger partial charge in [-0.25, -0.2) is 0 Å². The molecule has 4 heteroatoms. The number of hydrogen-bond donors (Lipinski definition) is 1. The first-order valence-corrected chi connectivity index (χ1v) is 8.67. The zero-order chi connectivity index (χ0) is 14.9. The van der Waals surface area contributed by atoms with Crippen LogP contribution in [0.4, 0.5) is 0 Å². The van der Waals surface area contributed by atoms with Crippen molar-refractivity contribution in [3.05, 3.63) is 34.9 Å². The number of nitrogens with one attached hydrogen (secondary N) is 1. The highest BCUT2D eigenvalue weighted by Gasteiger charge is 2.31. The van der Waals surface area contributed by atoms with Gasteiger partial charge in [-0.3, -0.25) is 9.69 Å². The van der Waals surface area contributed by atoms with E-state index >= 15 is 0 Å². The van der Waals surface area contributed by atoms with Crippen molar-refractivity contribution in [2.75, 3.05) is 26.2 Å². The molecule has 0 radical (unpaired) electrons. The van der Waals surface area contributed by atoms with Gasteiger partial charge in [-0.2, -0.15) is 0 Å². The molecule has 1 aromatic rings. The van der Waals surface area contributed by atoms with Crippen molar-refractivity contribution in [2.45, 2.75) is 44.8 Å². The molecule has 1 N–H and O–H groups in total. The zero-order valence-electron chi connectivity index (χ0n) is 13.2. The molecule has 3 aliphatic rings. The molecule has 0 aliphatic carbocycles. The van der Waals surface area contributed by atoms with Crippen molar-refractivity contribution in [3.8, 4) is 0 Å². The van der Waals surface area contributed by atoms with Crippen LogP contribution in [0.15, 0.2) is 18.2 Å². The van der Waals surface area contributed by atoms with Crippen LogP contribution in [0, 0.1) is 0 Å². The Morgan fingerprint density at radius 2 is 1.86 bits per heavy atom. The monoisotopic (exact) mass is 299 g/mol. The van der Waals surface area contributed by atoms with Crippen LogP contribution in [-0.2, 0) is 13.1 Å². The van der Waals surface area contributed by atoms with E-state index < -0.39 is 0 Å². The van der Waals surface area contributed by atoms with E-state index in [1.165, 1.54) is 43.5 Å². The first kappa shape index (κ1) is 14.2. The molecule has 1 atom stereocenters. The van der Waals surface area contributed by atoms with E-state index in [0.717, 1.165) is 38.2 Å². The molecule has 22 heavy (non-hydrogen) atoms. The Labute approximate surface area is 132 Å². The number of carbonyl (C=O) groups is 1. The lowest BCUT2D eigenvalue weighted by Gasteiger charge is -2.32. The predicted molar refractivity (Wildman–Crippen MR) is 86.7 cm³/mol. The van der Waals surface area contributed by atoms with E-state index in [-0.39, 0.29) is 5.91 Å². The second-order valence-corrected chi connectivity index (χ2v) is 6.88. The quantitative estimate of drug-likeness (QED) is 0.907. The van der Waals surface area contributed by atoms with E-state index in [1.54, 1.807) is 0 Å². The Morgan fingerprint density at radius 3 is 2.73 bits per heavy atom. The summed E-state index contributed by atoms with van der Waals surface area (Å²) in [7, 11) is 0. The summed E-state index contributed by atoms with van der Waals surface area (Å²) < 4.78 is 0. The summed E-state index contributed by atoms with van der Waals surface area (Å²) in [6.45, 7) is 6.09. The van der Waals surface area contributed by atoms with Gasteiger partial charge < -0.3 is 10.2 Å². The minimum atomic E-state index is 0.217. The molecule has 0 aromatic heterocycles. The third-order valence-electron chi connectivity index (χ3n) is 5.44. The van der Waals surface area contributed by atoms with E-state index in [2.05, 4.69) is 27.2 Å². The van der Waals surface area contributed by atoms with Gasteiger partial charge in [0.15, 0.2) is 0 Å². The van der Waals surface area contributed by atoms with Gasteiger partial charge in [0.2, 0.25) is 0 Å². The van der Waals surface area contributed by atoms with Crippen molar-refractivity contribution in [3.63, 3.8) is 0 Å². The largest absolute Gasteiger partial charge is 0.337 e. The number of likely N-dealkylation sites (tertiary alicyclic amines) is 2. The highest BCUT2D eigenvalue weighted by atomic mass is 16.2. The smallest absolute Gasteiger partial charge is 0.253 e. The van der Waals surface area contributed by atoms with E-state index in [9.17, 15) is 4.79 Å². The van der Waals surface area contributed by atoms with E-state index in [1.807, 2.05) is 6.07 Å². The van der Waals surface area contributed by atoms with Gasteiger partial charge in [0, 0.05) is 37.8 Å². The minimum absolute atomic E-state index is 0.217. The first-order chi connectivity index (χ1) is 10.8. The average molecular weight is 299 g/mol. The zero-order valence-corrected chi connectivity index (χ0v) is 13.2. The molecular weight excluding hydrogens is 274 g/mol. The van der Waals surface area contributed by atoms with Gasteiger partial charge >= 0.3 is 0 Å². The molecular formula is C18H25N3O. The van der Waals surface area contributed by atoms with Gasteiger partial charge in [0.1, 0.15) is 0 Å². The molecule has 1 aromatic carbocycles. The van der Waals surface area contributed by atoms with Gasteiger partial charge in [0.25, 0.3) is 5.91 Å². The fourth-order valence-corrected chi connectivity index (χ4v) is 4.12. The summed E-state index contributed by atoms with van der Waals surface area (Å²) >= 11 is 0. The normalized spacial score (nSPS) is 25.5. The fourth-order valence-electron chi connectivity index (χ4n) is 4.12. The lowest BCUT2D eigenvalue weighted by molar-refractivity contribution is 0.0771.